The van der Waals surface area contributed by atoms with Crippen LogP contribution in [0.2, 0.25) is 5.02 Å². The highest BCUT2D eigenvalue weighted by Gasteiger charge is 2.10. The highest BCUT2D eigenvalue weighted by Crippen LogP contribution is 2.29. The van der Waals surface area contributed by atoms with Gasteiger partial charge in [0.15, 0.2) is 18.1 Å². The molecule has 2 aromatic carbocycles. The molecule has 0 aromatic heterocycles. The first-order valence-corrected chi connectivity index (χ1v) is 9.13. The van der Waals surface area contributed by atoms with E-state index in [-0.39, 0.29) is 0 Å². The molecular weight excluding hydrogens is 398 g/mol. The molecule has 0 spiro atoms. The van der Waals surface area contributed by atoms with Crippen LogP contribution in [-0.2, 0) is 14.3 Å². The van der Waals surface area contributed by atoms with Gasteiger partial charge in [-0.15, -0.1) is 0 Å². The minimum Gasteiger partial charge on any atom is -0.495 e. The third-order valence-electron chi connectivity index (χ3n) is 3.68. The molecule has 0 atom stereocenters. The Morgan fingerprint density at radius 2 is 1.76 bits per heavy atom. The lowest BCUT2D eigenvalue weighted by Gasteiger charge is -2.10. The van der Waals surface area contributed by atoms with E-state index in [1.807, 2.05) is 6.92 Å². The van der Waals surface area contributed by atoms with E-state index in [0.717, 1.165) is 5.56 Å². The SMILES string of the molecule is CCOc1cc(/C=C/C(=O)OCC(=O)Nc2cc(Cl)ccc2OC)ccc1OC. The first-order valence-electron chi connectivity index (χ1n) is 8.75. The lowest BCUT2D eigenvalue weighted by molar-refractivity contribution is -0.142. The number of hydrogen-bond donors (Lipinski definition) is 1. The number of carbonyl (C=O) groups excluding carboxylic acids is 2. The van der Waals surface area contributed by atoms with Gasteiger partial charge in [0, 0.05) is 11.1 Å². The molecule has 154 valence electrons. The quantitative estimate of drug-likeness (QED) is 0.489. The summed E-state index contributed by atoms with van der Waals surface area (Å²) in [4.78, 5) is 23.9. The van der Waals surface area contributed by atoms with Crippen LogP contribution in [0.25, 0.3) is 6.08 Å². The zero-order valence-electron chi connectivity index (χ0n) is 16.4. The molecule has 8 heteroatoms. The van der Waals surface area contributed by atoms with Crippen molar-refractivity contribution in [1.29, 1.82) is 0 Å². The standard InChI is InChI=1S/C21H22ClNO6/c1-4-28-19-11-14(5-8-18(19)27-3)6-10-21(25)29-13-20(24)23-16-12-15(22)7-9-17(16)26-2/h5-12H,4,13H2,1-3H3,(H,23,24)/b10-6+. The highest BCUT2D eigenvalue weighted by molar-refractivity contribution is 6.31. The van der Waals surface area contributed by atoms with Crippen LogP contribution < -0.4 is 19.5 Å². The van der Waals surface area contributed by atoms with E-state index >= 15 is 0 Å². The van der Waals surface area contributed by atoms with Crippen molar-refractivity contribution in [2.24, 2.45) is 0 Å². The van der Waals surface area contributed by atoms with Gasteiger partial charge in [-0.3, -0.25) is 4.79 Å². The van der Waals surface area contributed by atoms with Crippen molar-refractivity contribution in [3.05, 3.63) is 53.1 Å². The number of halogens is 1. The number of carbonyl (C=O) groups is 2. The maximum Gasteiger partial charge on any atom is 0.331 e. The van der Waals surface area contributed by atoms with Gasteiger partial charge in [0.25, 0.3) is 5.91 Å². The summed E-state index contributed by atoms with van der Waals surface area (Å²) >= 11 is 5.92. The van der Waals surface area contributed by atoms with Crippen LogP contribution in [0.1, 0.15) is 12.5 Å². The molecule has 2 aromatic rings. The molecule has 0 aliphatic carbocycles. The van der Waals surface area contributed by atoms with Crippen molar-refractivity contribution in [3.63, 3.8) is 0 Å². The Morgan fingerprint density at radius 1 is 1.03 bits per heavy atom. The Labute approximate surface area is 174 Å². The number of amides is 1. The fraction of sp³-hybridized carbons (Fsp3) is 0.238. The molecule has 7 nitrogen and oxygen atoms in total. The van der Waals surface area contributed by atoms with E-state index in [1.165, 1.54) is 13.2 Å². The van der Waals surface area contributed by atoms with Gasteiger partial charge in [0.1, 0.15) is 5.75 Å². The molecule has 29 heavy (non-hydrogen) atoms. The van der Waals surface area contributed by atoms with E-state index in [2.05, 4.69) is 5.32 Å². The molecule has 0 heterocycles. The Kier molecular flexibility index (Phi) is 8.36. The van der Waals surface area contributed by atoms with Crippen LogP contribution in [0.3, 0.4) is 0 Å². The maximum atomic E-state index is 12.0. The van der Waals surface area contributed by atoms with E-state index in [9.17, 15) is 9.59 Å². The molecule has 0 fully saturated rings. The number of esters is 1. The molecule has 1 N–H and O–H groups in total. The summed E-state index contributed by atoms with van der Waals surface area (Å²) < 4.78 is 20.8. The molecule has 0 radical (unpaired) electrons. The third-order valence-corrected chi connectivity index (χ3v) is 3.92. The van der Waals surface area contributed by atoms with Crippen LogP contribution in [-0.4, -0.2) is 39.3 Å². The predicted molar refractivity (Wildman–Crippen MR) is 111 cm³/mol. The molecular formula is C21H22ClNO6. The van der Waals surface area contributed by atoms with Crippen LogP contribution >= 0.6 is 11.6 Å². The van der Waals surface area contributed by atoms with E-state index in [0.29, 0.717) is 34.6 Å². The number of benzene rings is 2. The molecule has 2 rings (SSSR count). The Morgan fingerprint density at radius 3 is 2.45 bits per heavy atom. The number of hydrogen-bond acceptors (Lipinski definition) is 6. The lowest BCUT2D eigenvalue weighted by atomic mass is 10.2. The third kappa shape index (κ3) is 6.73. The molecule has 1 amide bonds. The summed E-state index contributed by atoms with van der Waals surface area (Å²) in [5, 5.41) is 3.02. The van der Waals surface area contributed by atoms with Gasteiger partial charge < -0.3 is 24.3 Å². The predicted octanol–water partition coefficient (Wildman–Crippen LogP) is 3.95. The first-order chi connectivity index (χ1) is 14.0. The summed E-state index contributed by atoms with van der Waals surface area (Å²) in [6.07, 6.45) is 2.78. The summed E-state index contributed by atoms with van der Waals surface area (Å²) in [7, 11) is 3.02. The van der Waals surface area contributed by atoms with Crippen molar-refractivity contribution in [1.82, 2.24) is 0 Å². The monoisotopic (exact) mass is 419 g/mol. The van der Waals surface area contributed by atoms with Gasteiger partial charge in [-0.25, -0.2) is 4.79 Å². The largest absolute Gasteiger partial charge is 0.495 e. The van der Waals surface area contributed by atoms with Crippen LogP contribution in [0.15, 0.2) is 42.5 Å². The highest BCUT2D eigenvalue weighted by atomic mass is 35.5. The van der Waals surface area contributed by atoms with Gasteiger partial charge in [0.2, 0.25) is 0 Å². The van der Waals surface area contributed by atoms with Crippen LogP contribution in [0.4, 0.5) is 5.69 Å². The molecule has 0 unspecified atom stereocenters. The van der Waals surface area contributed by atoms with Crippen LogP contribution in [0.5, 0.6) is 17.2 Å². The average molecular weight is 420 g/mol. The Bertz CT molecular complexity index is 897. The summed E-state index contributed by atoms with van der Waals surface area (Å²) in [6.45, 7) is 1.90. The zero-order chi connectivity index (χ0) is 21.2. The van der Waals surface area contributed by atoms with Crippen molar-refractivity contribution >= 4 is 35.2 Å². The lowest BCUT2D eigenvalue weighted by Crippen LogP contribution is -2.20. The van der Waals surface area contributed by atoms with E-state index in [4.69, 9.17) is 30.5 Å². The van der Waals surface area contributed by atoms with E-state index in [1.54, 1.807) is 49.6 Å². The second-order valence-electron chi connectivity index (χ2n) is 5.68. The fourth-order valence-electron chi connectivity index (χ4n) is 2.38. The normalized spacial score (nSPS) is 10.5. The topological polar surface area (TPSA) is 83.1 Å². The number of methoxy groups -OCH3 is 2. The molecule has 0 saturated carbocycles. The molecule has 0 aliphatic heterocycles. The second kappa shape index (κ2) is 11.0. The zero-order valence-corrected chi connectivity index (χ0v) is 17.1. The van der Waals surface area contributed by atoms with Gasteiger partial charge in [-0.2, -0.15) is 0 Å². The maximum absolute atomic E-state index is 12.0. The smallest absolute Gasteiger partial charge is 0.331 e. The molecule has 0 bridgehead atoms. The minimum absolute atomic E-state index is 0.387. The minimum atomic E-state index is -0.660. The number of rotatable bonds is 9. The van der Waals surface area contributed by atoms with Crippen molar-refractivity contribution < 1.29 is 28.5 Å². The fourth-order valence-corrected chi connectivity index (χ4v) is 2.55. The van der Waals surface area contributed by atoms with E-state index < -0.39 is 18.5 Å². The van der Waals surface area contributed by atoms with Crippen molar-refractivity contribution in [2.75, 3.05) is 32.8 Å². The summed E-state index contributed by atoms with van der Waals surface area (Å²) in [5.41, 5.74) is 1.11. The number of nitrogens with one attached hydrogen (secondary N) is 1. The van der Waals surface area contributed by atoms with Gasteiger partial charge in [-0.1, -0.05) is 17.7 Å². The summed E-state index contributed by atoms with van der Waals surface area (Å²) in [5.74, 6) is 0.431. The molecule has 0 saturated heterocycles. The average Bonchev–Trinajstić information content (AvgIpc) is 2.71. The first kappa shape index (κ1) is 22.1. The Hall–Kier alpha value is -3.19. The van der Waals surface area contributed by atoms with Crippen molar-refractivity contribution in [3.8, 4) is 17.2 Å². The number of anilines is 1. The molecule has 0 aliphatic rings. The van der Waals surface area contributed by atoms with Crippen molar-refractivity contribution in [2.45, 2.75) is 6.92 Å². The van der Waals surface area contributed by atoms with Gasteiger partial charge >= 0.3 is 5.97 Å². The number of ether oxygens (including phenoxy) is 4. The van der Waals surface area contributed by atoms with Gasteiger partial charge in [-0.05, 0) is 48.9 Å². The Balaban J connectivity index is 1.92. The van der Waals surface area contributed by atoms with Crippen LogP contribution in [0, 0.1) is 0 Å². The second-order valence-corrected chi connectivity index (χ2v) is 6.11. The summed E-state index contributed by atoms with van der Waals surface area (Å²) in [6, 6.07) is 10.0. The van der Waals surface area contributed by atoms with Gasteiger partial charge in [0.05, 0.1) is 26.5 Å².